The van der Waals surface area contributed by atoms with Gasteiger partial charge in [0.1, 0.15) is 0 Å². The van der Waals surface area contributed by atoms with Crippen LogP contribution in [0.2, 0.25) is 0 Å². The van der Waals surface area contributed by atoms with Crippen LogP contribution in [0.25, 0.3) is 99.5 Å². The molecule has 15 aromatic rings. The van der Waals surface area contributed by atoms with Crippen molar-refractivity contribution in [1.29, 1.82) is 0 Å². The minimum atomic E-state index is -0.230. The molecule has 0 fully saturated rings. The van der Waals surface area contributed by atoms with Crippen molar-refractivity contribution in [2.75, 3.05) is 9.80 Å². The summed E-state index contributed by atoms with van der Waals surface area (Å²) in [6.45, 7) is 42.0. The maximum Gasteiger partial charge on any atom is 0.252 e. The summed E-state index contributed by atoms with van der Waals surface area (Å²) in [5, 5.41) is 5.05. The van der Waals surface area contributed by atoms with Crippen LogP contribution in [0.3, 0.4) is 0 Å². The van der Waals surface area contributed by atoms with Gasteiger partial charge in [-0.3, -0.25) is 0 Å². The van der Waals surface area contributed by atoms with Crippen molar-refractivity contribution >= 4 is 101 Å². The molecule has 107 heavy (non-hydrogen) atoms. The van der Waals surface area contributed by atoms with Gasteiger partial charge in [-0.25, -0.2) is 0 Å². The molecule has 5 heteroatoms. The summed E-state index contributed by atoms with van der Waals surface area (Å²) >= 11 is 0. The van der Waals surface area contributed by atoms with Gasteiger partial charge >= 0.3 is 0 Å². The van der Waals surface area contributed by atoms with Crippen LogP contribution in [0.15, 0.2) is 273 Å². The first-order chi connectivity index (χ1) is 50.9. The average molecular weight is 1390 g/mol. The average Bonchev–Trinajstić information content (AvgIpc) is 0.968. The Kier molecular flexibility index (Phi) is 16.1. The van der Waals surface area contributed by atoms with Crippen LogP contribution in [-0.2, 0) is 32.5 Å². The number of nitrogens with zero attached hydrogens (tertiary/aromatic N) is 4. The third-order valence-corrected chi connectivity index (χ3v) is 23.2. The van der Waals surface area contributed by atoms with Crippen LogP contribution in [0.4, 0.5) is 34.1 Å². The molecular formula is C102H99BN4. The first-order valence-electron chi connectivity index (χ1n) is 38.7. The zero-order valence-electron chi connectivity index (χ0n) is 65.8. The molecule has 0 amide bonds. The standard InChI is InChI=1S/C102H99BN4/c1-97(2,3)68-43-51-86-81(54-68)76-48-42-71(100(10,11)12)61-91(76)105(86)75-47-50-85-93(63-75)107(96-79(66-36-27-21-28-37-66)59-73(102(16,17)18)60-80(96)67-38-29-22-30-39-67)90-41-31-40-89-94(90)103(85)84-49-46-74(104-87-52-44-69(98(4,5)6)55-82(87)83-56-70(99(7,8)9)45-53-88(83)104)62-92(84)106(89)95-77(64-32-23-19-24-33-64)57-72(101(13,14)15)58-78(95)65-34-25-20-26-35-65/h19-63H,1-18H3. The van der Waals surface area contributed by atoms with Crippen molar-refractivity contribution in [1.82, 2.24) is 9.13 Å². The lowest BCUT2D eigenvalue weighted by Gasteiger charge is -2.46. The summed E-state index contributed by atoms with van der Waals surface area (Å²) in [6, 6.07) is 106. The molecule has 2 aliphatic heterocycles. The number of hydrogen-bond donors (Lipinski definition) is 0. The molecule has 0 saturated heterocycles. The molecular weight excluding hydrogens is 1290 g/mol. The van der Waals surface area contributed by atoms with Crippen LogP contribution in [-0.4, -0.2) is 15.8 Å². The largest absolute Gasteiger partial charge is 0.310 e. The molecule has 13 aromatic carbocycles. The third kappa shape index (κ3) is 11.7. The molecule has 2 aliphatic rings. The molecule has 4 nitrogen and oxygen atoms in total. The Morgan fingerprint density at radius 2 is 0.523 bits per heavy atom. The number of benzene rings is 13. The molecule has 0 unspecified atom stereocenters. The molecule has 0 atom stereocenters. The van der Waals surface area contributed by atoms with Gasteiger partial charge in [-0.1, -0.05) is 294 Å². The van der Waals surface area contributed by atoms with E-state index in [1.807, 2.05) is 0 Å². The molecule has 0 bridgehead atoms. The Balaban J connectivity index is 1.04. The van der Waals surface area contributed by atoms with Gasteiger partial charge < -0.3 is 18.9 Å². The van der Waals surface area contributed by atoms with Crippen LogP contribution in [0, 0.1) is 0 Å². The van der Waals surface area contributed by atoms with E-state index < -0.39 is 0 Å². The number of rotatable bonds is 8. The minimum Gasteiger partial charge on any atom is -0.310 e. The van der Waals surface area contributed by atoms with E-state index in [2.05, 4.69) is 417 Å². The smallest absolute Gasteiger partial charge is 0.252 e. The Labute approximate surface area is 635 Å². The lowest BCUT2D eigenvalue weighted by molar-refractivity contribution is 0.590. The second kappa shape index (κ2) is 24.9. The summed E-state index contributed by atoms with van der Waals surface area (Å²) in [5.74, 6) is 0. The van der Waals surface area contributed by atoms with Gasteiger partial charge in [0.25, 0.3) is 6.71 Å². The van der Waals surface area contributed by atoms with E-state index in [9.17, 15) is 0 Å². The van der Waals surface area contributed by atoms with Crippen LogP contribution < -0.4 is 26.2 Å². The molecule has 0 spiro atoms. The van der Waals surface area contributed by atoms with E-state index in [4.69, 9.17) is 0 Å². The molecule has 0 radical (unpaired) electrons. The minimum absolute atomic E-state index is 0.0491. The first kappa shape index (κ1) is 69.2. The van der Waals surface area contributed by atoms with Crippen molar-refractivity contribution in [2.24, 2.45) is 0 Å². The van der Waals surface area contributed by atoms with Crippen molar-refractivity contribution in [3.8, 4) is 55.9 Å². The highest BCUT2D eigenvalue weighted by molar-refractivity contribution is 7.00. The Morgan fingerprint density at radius 3 is 0.850 bits per heavy atom. The van der Waals surface area contributed by atoms with E-state index in [1.165, 1.54) is 116 Å². The van der Waals surface area contributed by atoms with Crippen molar-refractivity contribution in [2.45, 2.75) is 157 Å². The zero-order valence-corrected chi connectivity index (χ0v) is 65.8. The predicted molar refractivity (Wildman–Crippen MR) is 463 cm³/mol. The Hall–Kier alpha value is -10.9. The quantitative estimate of drug-likeness (QED) is 0.141. The van der Waals surface area contributed by atoms with Crippen LogP contribution >= 0.6 is 0 Å². The fourth-order valence-electron chi connectivity index (χ4n) is 17.1. The number of hydrogen-bond acceptors (Lipinski definition) is 2. The highest BCUT2D eigenvalue weighted by Gasteiger charge is 2.46. The summed E-state index contributed by atoms with van der Waals surface area (Å²) < 4.78 is 5.14. The molecule has 530 valence electrons. The second-order valence-corrected chi connectivity index (χ2v) is 36.7. The normalized spacial score (nSPS) is 13.5. The van der Waals surface area contributed by atoms with Crippen molar-refractivity contribution in [3.05, 3.63) is 306 Å². The highest BCUT2D eigenvalue weighted by Crippen LogP contribution is 2.55. The van der Waals surface area contributed by atoms with E-state index in [0.717, 1.165) is 67.8 Å². The number of aromatic nitrogens is 2. The molecule has 0 aliphatic carbocycles. The highest BCUT2D eigenvalue weighted by atomic mass is 15.2. The van der Waals surface area contributed by atoms with E-state index >= 15 is 0 Å². The van der Waals surface area contributed by atoms with Crippen LogP contribution in [0.5, 0.6) is 0 Å². The predicted octanol–water partition coefficient (Wildman–Crippen LogP) is 26.4. The van der Waals surface area contributed by atoms with Gasteiger partial charge in [-0.05, 0) is 208 Å². The summed E-state index contributed by atoms with van der Waals surface area (Å²) in [5.41, 5.74) is 34.1. The molecule has 0 N–H and O–H groups in total. The van der Waals surface area contributed by atoms with Crippen LogP contribution in [0.1, 0.15) is 158 Å². The van der Waals surface area contributed by atoms with Crippen molar-refractivity contribution in [3.63, 3.8) is 0 Å². The van der Waals surface area contributed by atoms with Gasteiger partial charge in [0, 0.05) is 77.9 Å². The molecule has 17 rings (SSSR count). The molecule has 0 saturated carbocycles. The van der Waals surface area contributed by atoms with Gasteiger partial charge in [0.15, 0.2) is 0 Å². The number of anilines is 6. The SMILES string of the molecule is CC(C)(C)c1cc(-c2ccccc2)c(N2c3cc(-n4c5ccc(C(C)(C)C)cc5c5cc(C(C)(C)C)ccc54)ccc3B3c4ccc(-n5c6ccc(C(C)(C)C)cc6c6ccc(C(C)(C)C)cc65)cc4N(c4c(-c5ccccc5)cc(C(C)(C)C)cc4-c4ccccc4)c4cccc2c43)c(-c2ccccc2)c1. The van der Waals surface area contributed by atoms with Gasteiger partial charge in [-0.15, -0.1) is 0 Å². The molecule has 2 aromatic heterocycles. The fourth-order valence-corrected chi connectivity index (χ4v) is 17.1. The Morgan fingerprint density at radius 1 is 0.224 bits per heavy atom. The van der Waals surface area contributed by atoms with Gasteiger partial charge in [-0.2, -0.15) is 0 Å². The fraction of sp³-hybridized carbons (Fsp3) is 0.235. The summed E-state index contributed by atoms with van der Waals surface area (Å²) in [6.07, 6.45) is 0. The number of fused-ring (bicyclic) bond motifs is 10. The summed E-state index contributed by atoms with van der Waals surface area (Å²) in [7, 11) is 0. The third-order valence-electron chi connectivity index (χ3n) is 23.2. The monoisotopic (exact) mass is 1390 g/mol. The lowest BCUT2D eigenvalue weighted by Crippen LogP contribution is -2.61. The topological polar surface area (TPSA) is 16.3 Å². The van der Waals surface area contributed by atoms with Crippen molar-refractivity contribution < 1.29 is 0 Å². The van der Waals surface area contributed by atoms with Gasteiger partial charge in [0.2, 0.25) is 0 Å². The van der Waals surface area contributed by atoms with E-state index in [-0.39, 0.29) is 39.2 Å². The maximum absolute atomic E-state index is 2.71. The van der Waals surface area contributed by atoms with Gasteiger partial charge in [0.05, 0.1) is 33.4 Å². The Bertz CT molecular complexity index is 5850. The summed E-state index contributed by atoms with van der Waals surface area (Å²) in [4.78, 5) is 5.42. The lowest BCUT2D eigenvalue weighted by atomic mass is 9.33. The second-order valence-electron chi connectivity index (χ2n) is 36.7. The van der Waals surface area contributed by atoms with E-state index in [1.54, 1.807) is 0 Å². The first-order valence-corrected chi connectivity index (χ1v) is 38.7. The maximum atomic E-state index is 2.71. The molecule has 4 heterocycles. The van der Waals surface area contributed by atoms with E-state index in [0.29, 0.717) is 0 Å². The zero-order chi connectivity index (χ0) is 74.8.